The van der Waals surface area contributed by atoms with E-state index in [4.69, 9.17) is 0 Å². The van der Waals surface area contributed by atoms with Crippen molar-refractivity contribution in [2.75, 3.05) is 7.11 Å². The van der Waals surface area contributed by atoms with Crippen LogP contribution in [0.3, 0.4) is 0 Å². The highest BCUT2D eigenvalue weighted by atomic mass is 79.9. The van der Waals surface area contributed by atoms with Gasteiger partial charge in [-0.05, 0) is 39.7 Å². The van der Waals surface area contributed by atoms with Gasteiger partial charge in [0.1, 0.15) is 6.04 Å². The van der Waals surface area contributed by atoms with Gasteiger partial charge in [-0.25, -0.2) is 4.79 Å². The standard InChI is InChI=1S/C15H14BrNO3/c1-9(15(19)20-2)17-14(18)12-8-7-10-5-3-4-6-11(10)13(12)16/h3-9H,1-2H3,(H,17,18). The number of fused-ring (bicyclic) bond motifs is 1. The number of halogens is 1. The first kappa shape index (κ1) is 14.5. The quantitative estimate of drug-likeness (QED) is 0.877. The van der Waals surface area contributed by atoms with E-state index in [-0.39, 0.29) is 5.91 Å². The van der Waals surface area contributed by atoms with Crippen molar-refractivity contribution in [2.24, 2.45) is 0 Å². The minimum absolute atomic E-state index is 0.319. The largest absolute Gasteiger partial charge is 0.467 e. The van der Waals surface area contributed by atoms with Crippen LogP contribution in [0.2, 0.25) is 0 Å². The molecular formula is C15H14BrNO3. The fraction of sp³-hybridized carbons (Fsp3) is 0.200. The number of carbonyl (C=O) groups excluding carboxylic acids is 2. The molecule has 2 rings (SSSR count). The molecule has 1 atom stereocenters. The number of rotatable bonds is 3. The minimum Gasteiger partial charge on any atom is -0.467 e. The molecule has 2 aromatic carbocycles. The van der Waals surface area contributed by atoms with Crippen LogP contribution in [-0.2, 0) is 9.53 Å². The molecule has 104 valence electrons. The summed E-state index contributed by atoms with van der Waals surface area (Å²) in [5, 5.41) is 4.60. The van der Waals surface area contributed by atoms with Gasteiger partial charge in [0, 0.05) is 4.47 Å². The first-order valence-corrected chi connectivity index (χ1v) is 6.90. The molecule has 4 nitrogen and oxygen atoms in total. The summed E-state index contributed by atoms with van der Waals surface area (Å²) in [5.74, 6) is -0.796. The lowest BCUT2D eigenvalue weighted by Gasteiger charge is -2.13. The second-order valence-corrected chi connectivity index (χ2v) is 5.16. The summed E-state index contributed by atoms with van der Waals surface area (Å²) in [6, 6.07) is 10.7. The van der Waals surface area contributed by atoms with Crippen LogP contribution in [0.4, 0.5) is 0 Å². The molecule has 0 aliphatic rings. The predicted octanol–water partition coefficient (Wildman–Crippen LogP) is 2.89. The lowest BCUT2D eigenvalue weighted by atomic mass is 10.1. The Bertz CT molecular complexity index is 669. The van der Waals surface area contributed by atoms with Gasteiger partial charge in [-0.3, -0.25) is 4.79 Å². The van der Waals surface area contributed by atoms with E-state index in [2.05, 4.69) is 26.0 Å². The van der Waals surface area contributed by atoms with Crippen LogP contribution in [-0.4, -0.2) is 25.0 Å². The van der Waals surface area contributed by atoms with Crippen molar-refractivity contribution in [3.8, 4) is 0 Å². The number of hydrogen-bond donors (Lipinski definition) is 1. The molecule has 0 radical (unpaired) electrons. The molecule has 1 unspecified atom stereocenters. The maximum Gasteiger partial charge on any atom is 0.328 e. The molecule has 0 saturated heterocycles. The van der Waals surface area contributed by atoms with Crippen LogP contribution in [0.15, 0.2) is 40.9 Å². The Labute approximate surface area is 125 Å². The summed E-state index contributed by atoms with van der Waals surface area (Å²) in [6.45, 7) is 1.58. The molecule has 1 N–H and O–H groups in total. The molecule has 0 bridgehead atoms. The minimum atomic E-state index is -0.689. The first-order chi connectivity index (χ1) is 9.54. The van der Waals surface area contributed by atoms with Gasteiger partial charge in [0.15, 0.2) is 0 Å². The number of ether oxygens (including phenoxy) is 1. The molecule has 2 aromatic rings. The molecule has 0 aliphatic heterocycles. The smallest absolute Gasteiger partial charge is 0.328 e. The van der Waals surface area contributed by atoms with E-state index in [1.807, 2.05) is 30.3 Å². The zero-order valence-electron chi connectivity index (χ0n) is 11.1. The average molecular weight is 336 g/mol. The number of benzene rings is 2. The van der Waals surface area contributed by atoms with Gasteiger partial charge in [0.2, 0.25) is 0 Å². The molecular weight excluding hydrogens is 322 g/mol. The molecule has 0 saturated carbocycles. The van der Waals surface area contributed by atoms with Crippen LogP contribution in [0, 0.1) is 0 Å². The van der Waals surface area contributed by atoms with E-state index < -0.39 is 12.0 Å². The zero-order valence-corrected chi connectivity index (χ0v) is 12.7. The van der Waals surface area contributed by atoms with Gasteiger partial charge in [0.25, 0.3) is 5.91 Å². The van der Waals surface area contributed by atoms with Gasteiger partial charge >= 0.3 is 5.97 Å². The number of esters is 1. The third-order valence-corrected chi connectivity index (χ3v) is 3.86. The van der Waals surface area contributed by atoms with Crippen molar-refractivity contribution >= 4 is 38.6 Å². The second kappa shape index (κ2) is 6.05. The Kier molecular flexibility index (Phi) is 4.39. The van der Waals surface area contributed by atoms with E-state index in [9.17, 15) is 9.59 Å². The Morgan fingerprint density at radius 3 is 2.60 bits per heavy atom. The number of nitrogens with one attached hydrogen (secondary N) is 1. The summed E-state index contributed by atoms with van der Waals surface area (Å²) in [4.78, 5) is 23.5. The molecule has 0 aliphatic carbocycles. The molecule has 0 heterocycles. The number of carbonyl (C=O) groups is 2. The molecule has 0 spiro atoms. The topological polar surface area (TPSA) is 55.4 Å². The number of hydrogen-bond acceptors (Lipinski definition) is 3. The van der Waals surface area contributed by atoms with E-state index in [0.717, 1.165) is 10.8 Å². The van der Waals surface area contributed by atoms with Crippen LogP contribution in [0.5, 0.6) is 0 Å². The summed E-state index contributed by atoms with van der Waals surface area (Å²) in [5.41, 5.74) is 0.486. The van der Waals surface area contributed by atoms with Crippen molar-refractivity contribution in [3.63, 3.8) is 0 Å². The second-order valence-electron chi connectivity index (χ2n) is 4.37. The van der Waals surface area contributed by atoms with Crippen LogP contribution in [0.25, 0.3) is 10.8 Å². The van der Waals surface area contributed by atoms with Crippen LogP contribution >= 0.6 is 15.9 Å². The number of methoxy groups -OCH3 is 1. The maximum absolute atomic E-state index is 12.2. The van der Waals surface area contributed by atoms with Gasteiger partial charge in [0.05, 0.1) is 12.7 Å². The van der Waals surface area contributed by atoms with Gasteiger partial charge in [-0.1, -0.05) is 30.3 Å². The van der Waals surface area contributed by atoms with Crippen molar-refractivity contribution in [3.05, 3.63) is 46.4 Å². The lowest BCUT2D eigenvalue weighted by Crippen LogP contribution is -2.39. The van der Waals surface area contributed by atoms with E-state index in [1.54, 1.807) is 13.0 Å². The highest BCUT2D eigenvalue weighted by molar-refractivity contribution is 9.10. The average Bonchev–Trinajstić information content (AvgIpc) is 2.46. The molecule has 20 heavy (non-hydrogen) atoms. The van der Waals surface area contributed by atoms with Gasteiger partial charge in [-0.15, -0.1) is 0 Å². The van der Waals surface area contributed by atoms with Gasteiger partial charge in [-0.2, -0.15) is 0 Å². The van der Waals surface area contributed by atoms with Crippen molar-refractivity contribution in [1.82, 2.24) is 5.32 Å². The summed E-state index contributed by atoms with van der Waals surface area (Å²) in [7, 11) is 1.29. The summed E-state index contributed by atoms with van der Waals surface area (Å²) < 4.78 is 5.30. The Balaban J connectivity index is 2.31. The predicted molar refractivity (Wildman–Crippen MR) is 80.6 cm³/mol. The normalized spacial score (nSPS) is 11.9. The third kappa shape index (κ3) is 2.82. The van der Waals surface area contributed by atoms with E-state index >= 15 is 0 Å². The highest BCUT2D eigenvalue weighted by Crippen LogP contribution is 2.27. The van der Waals surface area contributed by atoms with Crippen LogP contribution < -0.4 is 5.32 Å². The fourth-order valence-corrected chi connectivity index (χ4v) is 2.59. The molecule has 0 fully saturated rings. The Morgan fingerprint density at radius 1 is 1.20 bits per heavy atom. The molecule has 5 heteroatoms. The zero-order chi connectivity index (χ0) is 14.7. The third-order valence-electron chi connectivity index (χ3n) is 3.01. The SMILES string of the molecule is COC(=O)C(C)NC(=O)c1ccc2ccccc2c1Br. The Hall–Kier alpha value is -1.88. The van der Waals surface area contributed by atoms with E-state index in [0.29, 0.717) is 10.0 Å². The summed E-state index contributed by atoms with van der Waals surface area (Å²) in [6.07, 6.45) is 0. The molecule has 1 amide bonds. The van der Waals surface area contributed by atoms with Gasteiger partial charge < -0.3 is 10.1 Å². The van der Waals surface area contributed by atoms with Crippen molar-refractivity contribution in [2.45, 2.75) is 13.0 Å². The van der Waals surface area contributed by atoms with E-state index in [1.165, 1.54) is 7.11 Å². The van der Waals surface area contributed by atoms with Crippen molar-refractivity contribution < 1.29 is 14.3 Å². The van der Waals surface area contributed by atoms with Crippen LogP contribution in [0.1, 0.15) is 17.3 Å². The fourth-order valence-electron chi connectivity index (χ4n) is 1.92. The number of amides is 1. The highest BCUT2D eigenvalue weighted by Gasteiger charge is 2.19. The molecule has 0 aromatic heterocycles. The first-order valence-electron chi connectivity index (χ1n) is 6.10. The maximum atomic E-state index is 12.2. The Morgan fingerprint density at radius 2 is 1.90 bits per heavy atom. The monoisotopic (exact) mass is 335 g/mol. The lowest BCUT2D eigenvalue weighted by molar-refractivity contribution is -0.142. The van der Waals surface area contributed by atoms with Crippen molar-refractivity contribution in [1.29, 1.82) is 0 Å². The summed E-state index contributed by atoms with van der Waals surface area (Å²) >= 11 is 3.45.